The quantitative estimate of drug-likeness (QED) is 0.624. The SMILES string of the molecule is CC(C)CCNC(=O)COc1cccc2c1CCC2=NO. The second-order valence-electron chi connectivity index (χ2n) is 5.65. The van der Waals surface area contributed by atoms with Crippen molar-refractivity contribution in [2.75, 3.05) is 13.2 Å². The van der Waals surface area contributed by atoms with Crippen molar-refractivity contribution in [3.05, 3.63) is 29.3 Å². The van der Waals surface area contributed by atoms with E-state index in [-0.39, 0.29) is 12.5 Å². The molecule has 114 valence electrons. The number of carbonyl (C=O) groups is 1. The highest BCUT2D eigenvalue weighted by molar-refractivity contribution is 6.04. The van der Waals surface area contributed by atoms with Crippen LogP contribution in [0.25, 0.3) is 0 Å². The molecule has 0 saturated carbocycles. The molecule has 0 aromatic heterocycles. The molecule has 0 fully saturated rings. The van der Waals surface area contributed by atoms with Crippen LogP contribution in [0, 0.1) is 5.92 Å². The summed E-state index contributed by atoms with van der Waals surface area (Å²) in [6.07, 6.45) is 2.44. The lowest BCUT2D eigenvalue weighted by atomic mass is 10.1. The highest BCUT2D eigenvalue weighted by Crippen LogP contribution is 2.30. The Kier molecular flexibility index (Phi) is 5.20. The Balaban J connectivity index is 1.90. The van der Waals surface area contributed by atoms with E-state index in [0.717, 1.165) is 24.0 Å². The van der Waals surface area contributed by atoms with Crippen LogP contribution < -0.4 is 10.1 Å². The van der Waals surface area contributed by atoms with Gasteiger partial charge >= 0.3 is 0 Å². The molecule has 5 heteroatoms. The first-order valence-electron chi connectivity index (χ1n) is 7.34. The van der Waals surface area contributed by atoms with E-state index in [1.807, 2.05) is 18.2 Å². The molecule has 0 unspecified atom stereocenters. The van der Waals surface area contributed by atoms with Crippen LogP contribution in [0.15, 0.2) is 23.4 Å². The van der Waals surface area contributed by atoms with Crippen molar-refractivity contribution in [3.8, 4) is 5.75 Å². The van der Waals surface area contributed by atoms with E-state index >= 15 is 0 Å². The molecule has 2 rings (SSSR count). The van der Waals surface area contributed by atoms with Crippen LogP contribution in [0.4, 0.5) is 0 Å². The fourth-order valence-electron chi connectivity index (χ4n) is 2.41. The van der Waals surface area contributed by atoms with E-state index in [1.165, 1.54) is 0 Å². The number of oxime groups is 1. The van der Waals surface area contributed by atoms with Gasteiger partial charge in [-0.25, -0.2) is 0 Å². The Morgan fingerprint density at radius 3 is 2.95 bits per heavy atom. The Morgan fingerprint density at radius 1 is 1.43 bits per heavy atom. The fraction of sp³-hybridized carbons (Fsp3) is 0.500. The van der Waals surface area contributed by atoms with Gasteiger partial charge in [-0.15, -0.1) is 0 Å². The minimum absolute atomic E-state index is 0.0140. The van der Waals surface area contributed by atoms with Gasteiger partial charge in [0.2, 0.25) is 0 Å². The van der Waals surface area contributed by atoms with Gasteiger partial charge in [-0.3, -0.25) is 4.79 Å². The second-order valence-corrected chi connectivity index (χ2v) is 5.65. The summed E-state index contributed by atoms with van der Waals surface area (Å²) in [6, 6.07) is 5.61. The number of fused-ring (bicyclic) bond motifs is 1. The monoisotopic (exact) mass is 290 g/mol. The zero-order chi connectivity index (χ0) is 15.2. The van der Waals surface area contributed by atoms with Crippen LogP contribution in [0.3, 0.4) is 0 Å². The van der Waals surface area contributed by atoms with Gasteiger partial charge in [0.15, 0.2) is 6.61 Å². The minimum atomic E-state index is -0.109. The Labute approximate surface area is 125 Å². The molecule has 21 heavy (non-hydrogen) atoms. The van der Waals surface area contributed by atoms with E-state index in [1.54, 1.807) is 0 Å². The molecule has 1 amide bonds. The van der Waals surface area contributed by atoms with E-state index < -0.39 is 0 Å². The zero-order valence-electron chi connectivity index (χ0n) is 12.6. The number of ether oxygens (including phenoxy) is 1. The van der Waals surface area contributed by atoms with Gasteiger partial charge < -0.3 is 15.3 Å². The summed E-state index contributed by atoms with van der Waals surface area (Å²) in [5.74, 6) is 1.16. The van der Waals surface area contributed by atoms with Crippen molar-refractivity contribution in [1.82, 2.24) is 5.32 Å². The first-order valence-corrected chi connectivity index (χ1v) is 7.34. The maximum Gasteiger partial charge on any atom is 0.257 e. The Hall–Kier alpha value is -2.04. The van der Waals surface area contributed by atoms with Crippen LogP contribution in [0.2, 0.25) is 0 Å². The first-order chi connectivity index (χ1) is 10.1. The number of rotatable bonds is 6. The summed E-state index contributed by atoms with van der Waals surface area (Å²) in [7, 11) is 0. The van der Waals surface area contributed by atoms with Gasteiger partial charge in [0.25, 0.3) is 5.91 Å². The van der Waals surface area contributed by atoms with E-state index in [0.29, 0.717) is 30.3 Å². The summed E-state index contributed by atoms with van der Waals surface area (Å²) in [5, 5.41) is 15.1. The molecule has 2 N–H and O–H groups in total. The molecule has 1 aromatic rings. The van der Waals surface area contributed by atoms with Crippen LogP contribution in [-0.4, -0.2) is 30.0 Å². The normalized spacial score (nSPS) is 15.3. The number of nitrogens with one attached hydrogen (secondary N) is 1. The lowest BCUT2D eigenvalue weighted by Crippen LogP contribution is -2.30. The average Bonchev–Trinajstić information content (AvgIpc) is 2.88. The molecule has 0 atom stereocenters. The predicted octanol–water partition coefficient (Wildman–Crippen LogP) is 2.35. The second kappa shape index (κ2) is 7.11. The summed E-state index contributed by atoms with van der Waals surface area (Å²) in [4.78, 5) is 11.7. The smallest absolute Gasteiger partial charge is 0.257 e. The third-order valence-corrected chi connectivity index (χ3v) is 3.58. The highest BCUT2D eigenvalue weighted by atomic mass is 16.5. The van der Waals surface area contributed by atoms with E-state index in [2.05, 4.69) is 24.3 Å². The maximum atomic E-state index is 11.7. The van der Waals surface area contributed by atoms with Crippen molar-refractivity contribution in [2.24, 2.45) is 11.1 Å². The molecular weight excluding hydrogens is 268 g/mol. The number of hydrogen-bond donors (Lipinski definition) is 2. The summed E-state index contributed by atoms with van der Waals surface area (Å²) < 4.78 is 5.61. The summed E-state index contributed by atoms with van der Waals surface area (Å²) >= 11 is 0. The van der Waals surface area contributed by atoms with E-state index in [4.69, 9.17) is 9.94 Å². The van der Waals surface area contributed by atoms with Crippen molar-refractivity contribution in [3.63, 3.8) is 0 Å². The molecule has 1 aliphatic rings. The van der Waals surface area contributed by atoms with Gasteiger partial charge in [-0.05, 0) is 31.2 Å². The molecule has 0 saturated heterocycles. The van der Waals surface area contributed by atoms with Gasteiger partial charge in [-0.2, -0.15) is 0 Å². The Bertz CT molecular complexity index is 538. The third kappa shape index (κ3) is 3.97. The molecule has 0 aliphatic heterocycles. The molecule has 5 nitrogen and oxygen atoms in total. The lowest BCUT2D eigenvalue weighted by Gasteiger charge is -2.11. The molecule has 0 radical (unpaired) electrons. The predicted molar refractivity (Wildman–Crippen MR) is 81.0 cm³/mol. The standard InChI is InChI=1S/C16H22N2O3/c1-11(2)8-9-17-16(19)10-21-15-5-3-4-12-13(15)6-7-14(12)18-20/h3-5,11,20H,6-10H2,1-2H3,(H,17,19). The molecule has 0 bridgehead atoms. The van der Waals surface area contributed by atoms with Gasteiger partial charge in [0.1, 0.15) is 5.75 Å². The average molecular weight is 290 g/mol. The maximum absolute atomic E-state index is 11.7. The number of benzene rings is 1. The number of carbonyl (C=O) groups excluding carboxylic acids is 1. The van der Waals surface area contributed by atoms with Gasteiger partial charge in [0.05, 0.1) is 5.71 Å². The third-order valence-electron chi connectivity index (χ3n) is 3.58. The fourth-order valence-corrected chi connectivity index (χ4v) is 2.41. The number of hydrogen-bond acceptors (Lipinski definition) is 4. The zero-order valence-corrected chi connectivity index (χ0v) is 12.6. The van der Waals surface area contributed by atoms with Gasteiger partial charge in [0, 0.05) is 17.7 Å². The van der Waals surface area contributed by atoms with Crippen molar-refractivity contribution in [2.45, 2.75) is 33.1 Å². The number of nitrogens with zero attached hydrogens (tertiary/aromatic N) is 1. The summed E-state index contributed by atoms with van der Waals surface area (Å²) in [6.45, 7) is 4.93. The van der Waals surface area contributed by atoms with Crippen molar-refractivity contribution >= 4 is 11.6 Å². The van der Waals surface area contributed by atoms with Crippen molar-refractivity contribution < 1.29 is 14.7 Å². The van der Waals surface area contributed by atoms with Crippen LogP contribution in [0.1, 0.15) is 37.8 Å². The van der Waals surface area contributed by atoms with Crippen LogP contribution in [-0.2, 0) is 11.2 Å². The number of amides is 1. The molecule has 1 aromatic carbocycles. The largest absolute Gasteiger partial charge is 0.483 e. The van der Waals surface area contributed by atoms with Crippen LogP contribution >= 0.6 is 0 Å². The topological polar surface area (TPSA) is 70.9 Å². The molecule has 0 spiro atoms. The molecule has 0 heterocycles. The molecule has 1 aliphatic carbocycles. The highest BCUT2D eigenvalue weighted by Gasteiger charge is 2.22. The van der Waals surface area contributed by atoms with Crippen molar-refractivity contribution in [1.29, 1.82) is 0 Å². The van der Waals surface area contributed by atoms with Crippen LogP contribution in [0.5, 0.6) is 5.75 Å². The first kappa shape index (κ1) is 15.4. The minimum Gasteiger partial charge on any atom is -0.483 e. The molecular formula is C16H22N2O3. The summed E-state index contributed by atoms with van der Waals surface area (Å²) in [5.41, 5.74) is 2.60. The lowest BCUT2D eigenvalue weighted by molar-refractivity contribution is -0.123. The van der Waals surface area contributed by atoms with E-state index in [9.17, 15) is 4.79 Å². The van der Waals surface area contributed by atoms with Gasteiger partial charge in [-0.1, -0.05) is 31.1 Å². The Morgan fingerprint density at radius 2 is 2.24 bits per heavy atom.